The molecule has 0 heterocycles. The molecule has 0 unspecified atom stereocenters. The van der Waals surface area contributed by atoms with E-state index in [0.29, 0.717) is 13.0 Å². The Hall–Kier alpha value is -2.60. The van der Waals surface area contributed by atoms with Crippen LogP contribution in [0.15, 0.2) is 42.5 Å². The first-order valence-corrected chi connectivity index (χ1v) is 7.89. The largest absolute Gasteiger partial charge is 0.497 e. The number of esters is 1. The molecule has 25 heavy (non-hydrogen) atoms. The van der Waals surface area contributed by atoms with Gasteiger partial charge < -0.3 is 14.8 Å². The van der Waals surface area contributed by atoms with Gasteiger partial charge in [0.2, 0.25) is 0 Å². The lowest BCUT2D eigenvalue weighted by Crippen LogP contribution is -2.30. The molecule has 0 radical (unpaired) electrons. The molecule has 0 bridgehead atoms. The zero-order valence-electron chi connectivity index (χ0n) is 13.6. The van der Waals surface area contributed by atoms with Crippen LogP contribution in [0.3, 0.4) is 0 Å². The average molecular weight is 366 g/mol. The molecule has 132 valence electrons. The van der Waals surface area contributed by atoms with Crippen molar-refractivity contribution < 1.29 is 23.5 Å². The van der Waals surface area contributed by atoms with Gasteiger partial charge in [0, 0.05) is 11.6 Å². The minimum absolute atomic E-state index is 0.172. The standard InChI is InChI=1S/C18H17ClFNO4/c1-24-14-5-2-12(3-6-14)8-9-21-17(22)11-25-18(23)15-7-4-13(19)10-16(15)20/h2-7,10H,8-9,11H2,1H3,(H,21,22). The smallest absolute Gasteiger partial charge is 0.341 e. The molecule has 0 saturated heterocycles. The van der Waals surface area contributed by atoms with Gasteiger partial charge in [-0.2, -0.15) is 0 Å². The third-order valence-electron chi connectivity index (χ3n) is 3.38. The molecule has 0 atom stereocenters. The molecule has 0 aliphatic rings. The Morgan fingerprint density at radius 3 is 2.52 bits per heavy atom. The molecule has 2 rings (SSSR count). The number of nitrogens with one attached hydrogen (secondary N) is 1. The average Bonchev–Trinajstić information content (AvgIpc) is 2.60. The molecule has 0 fully saturated rings. The summed E-state index contributed by atoms with van der Waals surface area (Å²) in [5.41, 5.74) is 0.761. The van der Waals surface area contributed by atoms with E-state index in [4.69, 9.17) is 21.1 Å². The number of carbonyl (C=O) groups is 2. The highest BCUT2D eigenvalue weighted by Crippen LogP contribution is 2.15. The van der Waals surface area contributed by atoms with E-state index >= 15 is 0 Å². The van der Waals surface area contributed by atoms with E-state index in [1.54, 1.807) is 7.11 Å². The SMILES string of the molecule is COc1ccc(CCNC(=O)COC(=O)c2ccc(Cl)cc2F)cc1. The summed E-state index contributed by atoms with van der Waals surface area (Å²) in [6.07, 6.45) is 0.621. The van der Waals surface area contributed by atoms with Crippen LogP contribution in [0, 0.1) is 5.82 Å². The number of ether oxygens (including phenoxy) is 2. The molecular formula is C18H17ClFNO4. The Balaban J connectivity index is 1.73. The van der Waals surface area contributed by atoms with Gasteiger partial charge in [0.1, 0.15) is 11.6 Å². The van der Waals surface area contributed by atoms with Crippen molar-refractivity contribution in [2.75, 3.05) is 20.3 Å². The molecule has 5 nitrogen and oxygen atoms in total. The number of amides is 1. The van der Waals surface area contributed by atoms with Crippen LogP contribution in [0.25, 0.3) is 0 Å². The third-order valence-corrected chi connectivity index (χ3v) is 3.62. The zero-order chi connectivity index (χ0) is 18.2. The topological polar surface area (TPSA) is 64.6 Å². The minimum atomic E-state index is -0.917. The molecule has 2 aromatic rings. The van der Waals surface area contributed by atoms with Crippen LogP contribution in [-0.4, -0.2) is 32.1 Å². The number of hydrogen-bond donors (Lipinski definition) is 1. The van der Waals surface area contributed by atoms with E-state index in [0.717, 1.165) is 17.4 Å². The van der Waals surface area contributed by atoms with Crippen molar-refractivity contribution in [2.45, 2.75) is 6.42 Å². The summed E-state index contributed by atoms with van der Waals surface area (Å²) >= 11 is 5.61. The van der Waals surface area contributed by atoms with Gasteiger partial charge in [-0.3, -0.25) is 4.79 Å². The van der Waals surface area contributed by atoms with Crippen LogP contribution >= 0.6 is 11.6 Å². The van der Waals surface area contributed by atoms with Crippen molar-refractivity contribution in [1.82, 2.24) is 5.32 Å². The maximum absolute atomic E-state index is 13.6. The first-order valence-electron chi connectivity index (χ1n) is 7.51. The molecule has 1 amide bonds. The highest BCUT2D eigenvalue weighted by atomic mass is 35.5. The first-order chi connectivity index (χ1) is 12.0. The molecule has 2 aromatic carbocycles. The molecule has 7 heteroatoms. The Bertz CT molecular complexity index is 749. The fourth-order valence-electron chi connectivity index (χ4n) is 2.05. The van der Waals surface area contributed by atoms with Crippen molar-refractivity contribution in [3.63, 3.8) is 0 Å². The second-order valence-electron chi connectivity index (χ2n) is 5.15. The number of carbonyl (C=O) groups excluding carboxylic acids is 2. The second-order valence-corrected chi connectivity index (χ2v) is 5.58. The van der Waals surface area contributed by atoms with Crippen LogP contribution in [0.2, 0.25) is 5.02 Å². The third kappa shape index (κ3) is 5.76. The number of halogens is 2. The number of methoxy groups -OCH3 is 1. The monoisotopic (exact) mass is 365 g/mol. The van der Waals surface area contributed by atoms with Crippen LogP contribution in [0.5, 0.6) is 5.75 Å². The Labute approximate surface area is 149 Å². The highest BCUT2D eigenvalue weighted by molar-refractivity contribution is 6.30. The van der Waals surface area contributed by atoms with Gasteiger partial charge in [0.05, 0.1) is 12.7 Å². The molecule has 1 N–H and O–H groups in total. The van der Waals surface area contributed by atoms with E-state index < -0.39 is 24.3 Å². The van der Waals surface area contributed by atoms with Gasteiger partial charge in [-0.25, -0.2) is 9.18 Å². The van der Waals surface area contributed by atoms with Gasteiger partial charge in [-0.15, -0.1) is 0 Å². The van der Waals surface area contributed by atoms with Crippen molar-refractivity contribution in [2.24, 2.45) is 0 Å². The fraction of sp³-hybridized carbons (Fsp3) is 0.222. The molecule has 0 aliphatic heterocycles. The van der Waals surface area contributed by atoms with E-state index in [1.165, 1.54) is 12.1 Å². The number of benzene rings is 2. The molecule has 0 saturated carbocycles. The normalized spacial score (nSPS) is 10.2. The van der Waals surface area contributed by atoms with E-state index in [1.807, 2.05) is 24.3 Å². The molecular weight excluding hydrogens is 349 g/mol. The van der Waals surface area contributed by atoms with Crippen molar-refractivity contribution in [3.8, 4) is 5.75 Å². The fourth-order valence-corrected chi connectivity index (χ4v) is 2.21. The summed E-state index contributed by atoms with van der Waals surface area (Å²) in [7, 11) is 1.59. The van der Waals surface area contributed by atoms with E-state index in [9.17, 15) is 14.0 Å². The van der Waals surface area contributed by atoms with Crippen LogP contribution in [0.1, 0.15) is 15.9 Å². The predicted octanol–water partition coefficient (Wildman–Crippen LogP) is 3.00. The summed E-state index contributed by atoms with van der Waals surface area (Å²) in [6, 6.07) is 11.0. The van der Waals surface area contributed by atoms with Gasteiger partial charge in [-0.05, 0) is 42.3 Å². The Morgan fingerprint density at radius 2 is 1.88 bits per heavy atom. The Morgan fingerprint density at radius 1 is 1.16 bits per heavy atom. The van der Waals surface area contributed by atoms with Crippen LogP contribution < -0.4 is 10.1 Å². The van der Waals surface area contributed by atoms with Crippen molar-refractivity contribution in [1.29, 1.82) is 0 Å². The van der Waals surface area contributed by atoms with Gasteiger partial charge in [0.15, 0.2) is 6.61 Å². The summed E-state index contributed by atoms with van der Waals surface area (Å²) < 4.78 is 23.4. The summed E-state index contributed by atoms with van der Waals surface area (Å²) in [5.74, 6) is -1.41. The zero-order valence-corrected chi connectivity index (χ0v) is 14.3. The van der Waals surface area contributed by atoms with Crippen LogP contribution in [-0.2, 0) is 16.0 Å². The maximum Gasteiger partial charge on any atom is 0.341 e. The maximum atomic E-state index is 13.6. The summed E-state index contributed by atoms with van der Waals surface area (Å²) in [6.45, 7) is -0.0957. The van der Waals surface area contributed by atoms with Gasteiger partial charge in [0.25, 0.3) is 5.91 Å². The minimum Gasteiger partial charge on any atom is -0.497 e. The molecule has 0 spiro atoms. The van der Waals surface area contributed by atoms with Crippen molar-refractivity contribution >= 4 is 23.5 Å². The van der Waals surface area contributed by atoms with E-state index in [-0.39, 0.29) is 10.6 Å². The quantitative estimate of drug-likeness (QED) is 0.766. The molecule has 0 aromatic heterocycles. The molecule has 0 aliphatic carbocycles. The van der Waals surface area contributed by atoms with Gasteiger partial charge >= 0.3 is 5.97 Å². The summed E-state index contributed by atoms with van der Waals surface area (Å²) in [5, 5.41) is 2.80. The second kappa shape index (κ2) is 9.03. The number of rotatable bonds is 7. The van der Waals surface area contributed by atoms with Crippen LogP contribution in [0.4, 0.5) is 4.39 Å². The number of hydrogen-bond acceptors (Lipinski definition) is 4. The van der Waals surface area contributed by atoms with Gasteiger partial charge in [-0.1, -0.05) is 23.7 Å². The van der Waals surface area contributed by atoms with Crippen molar-refractivity contribution in [3.05, 3.63) is 64.4 Å². The summed E-state index contributed by atoms with van der Waals surface area (Å²) in [4.78, 5) is 23.4. The predicted molar refractivity (Wildman–Crippen MR) is 91.4 cm³/mol. The lowest BCUT2D eigenvalue weighted by molar-refractivity contribution is -0.124. The lowest BCUT2D eigenvalue weighted by Gasteiger charge is -2.08. The first kappa shape index (κ1) is 18.7. The van der Waals surface area contributed by atoms with E-state index in [2.05, 4.69) is 5.32 Å². The highest BCUT2D eigenvalue weighted by Gasteiger charge is 2.15. The lowest BCUT2D eigenvalue weighted by atomic mass is 10.1. The Kier molecular flexibility index (Phi) is 6.77.